The van der Waals surface area contributed by atoms with E-state index >= 15 is 0 Å². The Morgan fingerprint density at radius 2 is 1.81 bits per heavy atom. The number of benzene rings is 2. The molecule has 2 heterocycles. The minimum absolute atomic E-state index is 0.00205. The van der Waals surface area contributed by atoms with Crippen molar-refractivity contribution in [1.82, 2.24) is 4.98 Å². The molecule has 0 aliphatic heterocycles. The summed E-state index contributed by atoms with van der Waals surface area (Å²) in [6, 6.07) is 12.4. The van der Waals surface area contributed by atoms with E-state index in [1.807, 2.05) is 0 Å². The van der Waals surface area contributed by atoms with Crippen LogP contribution < -0.4 is 14.8 Å². The van der Waals surface area contributed by atoms with Gasteiger partial charge in [-0.25, -0.2) is 17.2 Å². The fraction of sp³-hybridized carbons (Fsp3) is 0.0833. The highest BCUT2D eigenvalue weighted by molar-refractivity contribution is 7.92. The van der Waals surface area contributed by atoms with Gasteiger partial charge >= 0.3 is 0 Å². The SMILES string of the molecule is CS(=O)(=O)Nc1cc(Cl)cc(NC(=O)c2cc(-c3ncccc3COc3cc(F)cc(F)c3)cs2)c1. The predicted octanol–water partition coefficient (Wildman–Crippen LogP) is 5.94. The normalized spacial score (nSPS) is 11.2. The van der Waals surface area contributed by atoms with Crippen molar-refractivity contribution in [2.24, 2.45) is 0 Å². The smallest absolute Gasteiger partial charge is 0.265 e. The Morgan fingerprint density at radius 1 is 1.08 bits per heavy atom. The molecular weight excluding hydrogens is 532 g/mol. The van der Waals surface area contributed by atoms with Crippen LogP contribution in [0.15, 0.2) is 66.2 Å². The number of carbonyl (C=O) groups excluding carboxylic acids is 1. The van der Waals surface area contributed by atoms with Gasteiger partial charge in [0.15, 0.2) is 0 Å². The zero-order chi connectivity index (χ0) is 25.9. The maximum Gasteiger partial charge on any atom is 0.265 e. The Morgan fingerprint density at radius 3 is 2.53 bits per heavy atom. The molecule has 36 heavy (non-hydrogen) atoms. The van der Waals surface area contributed by atoms with E-state index in [4.69, 9.17) is 16.3 Å². The van der Waals surface area contributed by atoms with E-state index < -0.39 is 27.6 Å². The maximum atomic E-state index is 13.4. The van der Waals surface area contributed by atoms with Crippen LogP contribution >= 0.6 is 22.9 Å². The number of sulfonamides is 1. The Balaban J connectivity index is 1.51. The van der Waals surface area contributed by atoms with Gasteiger partial charge in [0.05, 0.1) is 22.5 Å². The van der Waals surface area contributed by atoms with Crippen molar-refractivity contribution in [3.8, 4) is 17.0 Å². The van der Waals surface area contributed by atoms with Gasteiger partial charge in [-0.05, 0) is 30.3 Å². The van der Waals surface area contributed by atoms with Gasteiger partial charge in [0.2, 0.25) is 10.0 Å². The minimum Gasteiger partial charge on any atom is -0.489 e. The molecular formula is C24H18ClF2N3O4S2. The van der Waals surface area contributed by atoms with Crippen LogP contribution in [0.2, 0.25) is 5.02 Å². The van der Waals surface area contributed by atoms with E-state index in [2.05, 4.69) is 15.0 Å². The lowest BCUT2D eigenvalue weighted by molar-refractivity contribution is 0.103. The lowest BCUT2D eigenvalue weighted by Gasteiger charge is -2.10. The van der Waals surface area contributed by atoms with E-state index in [9.17, 15) is 22.0 Å². The number of ether oxygens (including phenoxy) is 1. The maximum absolute atomic E-state index is 13.4. The standard InChI is InChI=1S/C24H18ClF2N3O4S2/c1-36(32,33)30-20-7-16(25)6-19(11-20)29-24(31)22-5-15(13-35-22)23-14(3-2-4-28-23)12-34-21-9-17(26)8-18(27)10-21/h2-11,13,30H,12H2,1H3,(H,29,31). The quantitative estimate of drug-likeness (QED) is 0.283. The van der Waals surface area contributed by atoms with E-state index in [1.54, 1.807) is 29.8 Å². The summed E-state index contributed by atoms with van der Waals surface area (Å²) in [5, 5.41) is 4.68. The summed E-state index contributed by atoms with van der Waals surface area (Å²) in [6.45, 7) is 0.00205. The van der Waals surface area contributed by atoms with Gasteiger partial charge in [0, 0.05) is 51.6 Å². The highest BCUT2D eigenvalue weighted by Crippen LogP contribution is 2.29. The number of nitrogens with one attached hydrogen (secondary N) is 2. The summed E-state index contributed by atoms with van der Waals surface area (Å²) >= 11 is 7.24. The molecule has 0 aliphatic rings. The molecule has 12 heteroatoms. The zero-order valence-electron chi connectivity index (χ0n) is 18.6. The number of hydrogen-bond acceptors (Lipinski definition) is 6. The average Bonchev–Trinajstić information content (AvgIpc) is 3.26. The Hall–Kier alpha value is -3.54. The van der Waals surface area contributed by atoms with Crippen LogP contribution in [0.1, 0.15) is 15.2 Å². The molecule has 0 aliphatic carbocycles. The van der Waals surface area contributed by atoms with Gasteiger partial charge < -0.3 is 10.1 Å². The molecule has 0 fully saturated rings. The van der Waals surface area contributed by atoms with Crippen molar-refractivity contribution < 1.29 is 26.7 Å². The Labute approximate surface area is 214 Å². The van der Waals surface area contributed by atoms with Gasteiger partial charge in [-0.3, -0.25) is 14.5 Å². The van der Waals surface area contributed by atoms with Gasteiger partial charge in [-0.15, -0.1) is 11.3 Å². The average molecular weight is 550 g/mol. The molecule has 0 saturated carbocycles. The summed E-state index contributed by atoms with van der Waals surface area (Å²) in [5.41, 5.74) is 2.37. The Bertz CT molecular complexity index is 1520. The molecule has 7 nitrogen and oxygen atoms in total. The first-order chi connectivity index (χ1) is 17.1. The second kappa shape index (κ2) is 10.6. The molecule has 0 radical (unpaired) electrons. The molecule has 2 aromatic carbocycles. The fourth-order valence-electron chi connectivity index (χ4n) is 3.29. The largest absolute Gasteiger partial charge is 0.489 e. The number of carbonyl (C=O) groups is 1. The highest BCUT2D eigenvalue weighted by Gasteiger charge is 2.15. The molecule has 0 saturated heterocycles. The molecule has 2 aromatic heterocycles. The van der Waals surface area contributed by atoms with Gasteiger partial charge in [0.1, 0.15) is 24.0 Å². The van der Waals surface area contributed by atoms with Gasteiger partial charge in [0.25, 0.3) is 5.91 Å². The lowest BCUT2D eigenvalue weighted by Crippen LogP contribution is -2.12. The number of pyridine rings is 1. The summed E-state index contributed by atoms with van der Waals surface area (Å²) in [7, 11) is -3.52. The molecule has 0 unspecified atom stereocenters. The second-order valence-corrected chi connectivity index (χ2v) is 10.8. The number of rotatable bonds is 8. The fourth-order valence-corrected chi connectivity index (χ4v) is 4.86. The highest BCUT2D eigenvalue weighted by atomic mass is 35.5. The number of amides is 1. The lowest BCUT2D eigenvalue weighted by atomic mass is 10.1. The van der Waals surface area contributed by atoms with E-state index in [0.717, 1.165) is 24.5 Å². The third-order valence-corrected chi connectivity index (χ3v) is 6.43. The van der Waals surface area contributed by atoms with E-state index in [1.165, 1.54) is 29.5 Å². The number of hydrogen-bond donors (Lipinski definition) is 2. The number of halogens is 3. The first-order valence-corrected chi connectivity index (χ1v) is 13.4. The molecule has 4 aromatic rings. The van der Waals surface area contributed by atoms with Crippen LogP contribution in [0, 0.1) is 11.6 Å². The van der Waals surface area contributed by atoms with Crippen molar-refractivity contribution in [3.63, 3.8) is 0 Å². The van der Waals surface area contributed by atoms with Crippen molar-refractivity contribution in [2.75, 3.05) is 16.3 Å². The monoisotopic (exact) mass is 549 g/mol. The Kier molecular flexibility index (Phi) is 7.53. The second-order valence-electron chi connectivity index (χ2n) is 7.66. The van der Waals surface area contributed by atoms with Gasteiger partial charge in [-0.1, -0.05) is 17.7 Å². The number of aromatic nitrogens is 1. The summed E-state index contributed by atoms with van der Waals surface area (Å²) in [4.78, 5) is 17.6. The number of thiophene rings is 1. The minimum atomic E-state index is -3.52. The van der Waals surface area contributed by atoms with Crippen LogP contribution in [-0.4, -0.2) is 25.6 Å². The van der Waals surface area contributed by atoms with Gasteiger partial charge in [-0.2, -0.15) is 0 Å². The van der Waals surface area contributed by atoms with Crippen molar-refractivity contribution in [3.05, 3.63) is 93.3 Å². The summed E-state index contributed by atoms with van der Waals surface area (Å²) < 4.78 is 57.8. The van der Waals surface area contributed by atoms with E-state index in [-0.39, 0.29) is 23.1 Å². The zero-order valence-corrected chi connectivity index (χ0v) is 21.0. The van der Waals surface area contributed by atoms with Crippen molar-refractivity contribution >= 4 is 50.2 Å². The molecule has 4 rings (SSSR count). The molecule has 0 spiro atoms. The van der Waals surface area contributed by atoms with Crippen LogP contribution in [0.5, 0.6) is 5.75 Å². The number of anilines is 2. The first-order valence-electron chi connectivity index (χ1n) is 10.3. The van der Waals surface area contributed by atoms with E-state index in [0.29, 0.717) is 27.4 Å². The molecule has 0 bridgehead atoms. The van der Waals surface area contributed by atoms with Crippen molar-refractivity contribution in [2.45, 2.75) is 6.61 Å². The molecule has 1 amide bonds. The first kappa shape index (κ1) is 25.5. The molecule has 0 atom stereocenters. The van der Waals surface area contributed by atoms with Crippen LogP contribution in [-0.2, 0) is 16.6 Å². The van der Waals surface area contributed by atoms with Crippen LogP contribution in [0.25, 0.3) is 11.3 Å². The summed E-state index contributed by atoms with van der Waals surface area (Å²) in [5.74, 6) is -1.88. The third-order valence-electron chi connectivity index (χ3n) is 4.68. The molecule has 186 valence electrons. The molecule has 2 N–H and O–H groups in total. The van der Waals surface area contributed by atoms with Crippen molar-refractivity contribution in [1.29, 1.82) is 0 Å². The third kappa shape index (κ3) is 6.78. The number of nitrogens with zero attached hydrogens (tertiary/aromatic N) is 1. The predicted molar refractivity (Wildman–Crippen MR) is 136 cm³/mol. The topological polar surface area (TPSA) is 97.4 Å². The van der Waals surface area contributed by atoms with Crippen LogP contribution in [0.3, 0.4) is 0 Å². The summed E-state index contributed by atoms with van der Waals surface area (Å²) in [6.07, 6.45) is 2.59. The van der Waals surface area contributed by atoms with Crippen LogP contribution in [0.4, 0.5) is 20.2 Å².